The maximum Gasteiger partial charge on any atom is 0.331 e. The van der Waals surface area contributed by atoms with Crippen LogP contribution >= 0.6 is 11.3 Å². The number of amides is 1. The van der Waals surface area contributed by atoms with Crippen molar-refractivity contribution in [1.29, 1.82) is 0 Å². The van der Waals surface area contributed by atoms with E-state index in [2.05, 4.69) is 0 Å². The zero-order valence-electron chi connectivity index (χ0n) is 11.3. The third-order valence-corrected chi connectivity index (χ3v) is 5.34. The summed E-state index contributed by atoms with van der Waals surface area (Å²) in [6.45, 7) is 2.16. The third-order valence-electron chi connectivity index (χ3n) is 4.35. The first-order valence-electron chi connectivity index (χ1n) is 6.82. The van der Waals surface area contributed by atoms with Crippen molar-refractivity contribution >= 4 is 23.2 Å². The Morgan fingerprint density at radius 3 is 2.80 bits per heavy atom. The normalized spacial score (nSPS) is 24.9. The molecule has 1 fully saturated rings. The van der Waals surface area contributed by atoms with Crippen molar-refractivity contribution in [3.05, 3.63) is 21.9 Å². The second-order valence-corrected chi connectivity index (χ2v) is 6.85. The number of carboxylic acids is 1. The van der Waals surface area contributed by atoms with Crippen LogP contribution < -0.4 is 5.73 Å². The molecule has 1 aromatic heterocycles. The topological polar surface area (TPSA) is 83.6 Å². The maximum absolute atomic E-state index is 12.7. The van der Waals surface area contributed by atoms with Gasteiger partial charge in [-0.2, -0.15) is 0 Å². The molecule has 1 aliphatic heterocycles. The Hall–Kier alpha value is -1.40. The van der Waals surface area contributed by atoms with Gasteiger partial charge in [0.15, 0.2) is 6.04 Å². The minimum Gasteiger partial charge on any atom is -0.479 e. The average Bonchev–Trinajstić information content (AvgIpc) is 3.15. The summed E-state index contributed by atoms with van der Waals surface area (Å²) >= 11 is 1.55. The first-order valence-corrected chi connectivity index (χ1v) is 7.70. The molecule has 20 heavy (non-hydrogen) atoms. The Bertz CT molecular complexity index is 563. The highest BCUT2D eigenvalue weighted by Gasteiger charge is 2.49. The molecule has 0 spiro atoms. The number of carbonyl (C=O) groups is 2. The molecule has 1 aromatic rings. The van der Waals surface area contributed by atoms with Crippen LogP contribution in [0.3, 0.4) is 0 Å². The molecule has 3 N–H and O–H groups in total. The zero-order valence-corrected chi connectivity index (χ0v) is 12.2. The van der Waals surface area contributed by atoms with Gasteiger partial charge in [-0.3, -0.25) is 4.79 Å². The van der Waals surface area contributed by atoms with E-state index in [1.165, 1.54) is 4.90 Å². The van der Waals surface area contributed by atoms with Gasteiger partial charge in [0.2, 0.25) is 5.91 Å². The molecule has 0 bridgehead atoms. The first kappa shape index (κ1) is 13.6. The number of carbonyl (C=O) groups excluding carboxylic acids is 1. The molecule has 5 nitrogen and oxygen atoms in total. The molecule has 1 amide bonds. The summed E-state index contributed by atoms with van der Waals surface area (Å²) in [6, 6.07) is 0.919. The van der Waals surface area contributed by atoms with Crippen LogP contribution in [0, 0.1) is 5.92 Å². The quantitative estimate of drug-likeness (QED) is 0.882. The van der Waals surface area contributed by atoms with Crippen LogP contribution in [0.25, 0.3) is 0 Å². The van der Waals surface area contributed by atoms with E-state index < -0.39 is 17.6 Å². The van der Waals surface area contributed by atoms with E-state index in [0.717, 1.165) is 23.3 Å². The predicted molar refractivity (Wildman–Crippen MR) is 75.4 cm³/mol. The maximum atomic E-state index is 12.7. The van der Waals surface area contributed by atoms with Crippen LogP contribution in [-0.4, -0.2) is 34.0 Å². The number of thiophene rings is 1. The number of carboxylic acid groups (broad SMARTS) is 1. The van der Waals surface area contributed by atoms with Crippen molar-refractivity contribution in [2.45, 2.75) is 37.8 Å². The van der Waals surface area contributed by atoms with Gasteiger partial charge in [0.05, 0.1) is 5.54 Å². The van der Waals surface area contributed by atoms with Gasteiger partial charge in [0.25, 0.3) is 0 Å². The molecule has 1 aliphatic carbocycles. The van der Waals surface area contributed by atoms with E-state index in [-0.39, 0.29) is 11.8 Å². The van der Waals surface area contributed by atoms with Gasteiger partial charge in [0.1, 0.15) is 0 Å². The average molecular weight is 294 g/mol. The number of aliphatic carboxylic acids is 1. The Balaban J connectivity index is 1.93. The smallest absolute Gasteiger partial charge is 0.331 e. The second-order valence-electron chi connectivity index (χ2n) is 5.85. The number of hydrogen-bond donors (Lipinski definition) is 2. The van der Waals surface area contributed by atoms with E-state index in [0.29, 0.717) is 13.0 Å². The van der Waals surface area contributed by atoms with Crippen LogP contribution in [0.15, 0.2) is 11.4 Å². The molecule has 0 radical (unpaired) electrons. The summed E-state index contributed by atoms with van der Waals surface area (Å²) in [7, 11) is 0. The predicted octanol–water partition coefficient (Wildman–Crippen LogP) is 1.39. The van der Waals surface area contributed by atoms with Crippen LogP contribution in [0.2, 0.25) is 0 Å². The van der Waals surface area contributed by atoms with E-state index >= 15 is 0 Å². The number of rotatable bonds is 3. The molecule has 3 rings (SSSR count). The Morgan fingerprint density at radius 2 is 2.20 bits per heavy atom. The fourth-order valence-electron chi connectivity index (χ4n) is 2.97. The van der Waals surface area contributed by atoms with Gasteiger partial charge in [-0.05, 0) is 49.1 Å². The van der Waals surface area contributed by atoms with Crippen LogP contribution in [0.4, 0.5) is 0 Å². The minimum absolute atomic E-state index is 0.188. The van der Waals surface area contributed by atoms with Crippen molar-refractivity contribution in [2.75, 3.05) is 6.54 Å². The Labute approximate surface area is 121 Å². The van der Waals surface area contributed by atoms with Crippen LogP contribution in [0.1, 0.15) is 36.2 Å². The van der Waals surface area contributed by atoms with E-state index in [1.54, 1.807) is 18.3 Å². The molecule has 2 atom stereocenters. The molecule has 0 aromatic carbocycles. The van der Waals surface area contributed by atoms with Crippen molar-refractivity contribution in [2.24, 2.45) is 11.7 Å². The zero-order chi connectivity index (χ0) is 14.5. The summed E-state index contributed by atoms with van der Waals surface area (Å²) in [4.78, 5) is 26.8. The molecule has 1 saturated carbocycles. The van der Waals surface area contributed by atoms with Gasteiger partial charge in [-0.1, -0.05) is 0 Å². The highest BCUT2D eigenvalue weighted by atomic mass is 32.1. The largest absolute Gasteiger partial charge is 0.479 e. The summed E-state index contributed by atoms with van der Waals surface area (Å²) in [5.74, 6) is -1.03. The van der Waals surface area contributed by atoms with Crippen molar-refractivity contribution in [3.8, 4) is 0 Å². The fourth-order valence-corrected chi connectivity index (χ4v) is 3.87. The fraction of sp³-hybridized carbons (Fsp3) is 0.571. The number of hydrogen-bond acceptors (Lipinski definition) is 4. The minimum atomic E-state index is -0.982. The summed E-state index contributed by atoms with van der Waals surface area (Å²) in [6.07, 6.45) is 2.62. The van der Waals surface area contributed by atoms with Crippen LogP contribution in [-0.2, 0) is 16.0 Å². The highest BCUT2D eigenvalue weighted by Crippen LogP contribution is 2.41. The Kier molecular flexibility index (Phi) is 3.10. The summed E-state index contributed by atoms with van der Waals surface area (Å²) in [5.41, 5.74) is 5.97. The molecular weight excluding hydrogens is 276 g/mol. The van der Waals surface area contributed by atoms with Crippen molar-refractivity contribution in [3.63, 3.8) is 0 Å². The van der Waals surface area contributed by atoms with E-state index in [1.807, 2.05) is 11.4 Å². The Morgan fingerprint density at radius 1 is 1.50 bits per heavy atom. The SMILES string of the molecule is CC(N)(C(=O)N1CCc2sccc2C1C(=O)O)C1CC1. The first-order chi connectivity index (χ1) is 9.43. The van der Waals surface area contributed by atoms with E-state index in [4.69, 9.17) is 5.73 Å². The van der Waals surface area contributed by atoms with Gasteiger partial charge in [0, 0.05) is 11.4 Å². The summed E-state index contributed by atoms with van der Waals surface area (Å²) < 4.78 is 0. The molecule has 2 unspecified atom stereocenters. The lowest BCUT2D eigenvalue weighted by molar-refractivity contribution is -0.153. The lowest BCUT2D eigenvalue weighted by Gasteiger charge is -2.38. The van der Waals surface area contributed by atoms with Gasteiger partial charge < -0.3 is 15.7 Å². The van der Waals surface area contributed by atoms with Crippen LogP contribution in [0.5, 0.6) is 0 Å². The molecule has 2 heterocycles. The number of nitrogens with zero attached hydrogens (tertiary/aromatic N) is 1. The lowest BCUT2D eigenvalue weighted by Crippen LogP contribution is -2.57. The molecule has 6 heteroatoms. The number of fused-ring (bicyclic) bond motifs is 1. The monoisotopic (exact) mass is 294 g/mol. The van der Waals surface area contributed by atoms with Crippen molar-refractivity contribution in [1.82, 2.24) is 4.90 Å². The second kappa shape index (κ2) is 4.56. The molecular formula is C14H18N2O3S. The van der Waals surface area contributed by atoms with Gasteiger partial charge in [-0.15, -0.1) is 11.3 Å². The van der Waals surface area contributed by atoms with E-state index in [9.17, 15) is 14.7 Å². The standard InChI is InChI=1S/C14H18N2O3S/c1-14(15,8-2-3-8)13(19)16-6-4-10-9(5-7-20-10)11(16)12(17)18/h5,7-8,11H,2-4,6,15H2,1H3,(H,17,18). The lowest BCUT2D eigenvalue weighted by atomic mass is 9.91. The molecule has 0 saturated heterocycles. The highest BCUT2D eigenvalue weighted by molar-refractivity contribution is 7.10. The molecule has 2 aliphatic rings. The number of nitrogens with two attached hydrogens (primary N) is 1. The third kappa shape index (κ3) is 2.03. The van der Waals surface area contributed by atoms with Crippen molar-refractivity contribution < 1.29 is 14.7 Å². The van der Waals surface area contributed by atoms with Gasteiger partial charge >= 0.3 is 5.97 Å². The van der Waals surface area contributed by atoms with Gasteiger partial charge in [-0.25, -0.2) is 4.79 Å². The summed E-state index contributed by atoms with van der Waals surface area (Å²) in [5, 5.41) is 11.4. The molecule has 108 valence electrons.